The zero-order valence-electron chi connectivity index (χ0n) is 10.6. The van der Waals surface area contributed by atoms with Gasteiger partial charge in [-0.25, -0.2) is 4.68 Å². The van der Waals surface area contributed by atoms with Gasteiger partial charge in [-0.05, 0) is 24.6 Å². The molecule has 0 fully saturated rings. The van der Waals surface area contributed by atoms with Crippen molar-refractivity contribution >= 4 is 0 Å². The number of hydrogen-bond donors (Lipinski definition) is 1. The Morgan fingerprint density at radius 1 is 1.33 bits per heavy atom. The van der Waals surface area contributed by atoms with Crippen LogP contribution in [0, 0.1) is 0 Å². The molecule has 1 heterocycles. The largest absolute Gasteiger partial charge is 0.497 e. The third-order valence-corrected chi connectivity index (χ3v) is 2.88. The predicted molar refractivity (Wildman–Crippen MR) is 67.4 cm³/mol. The molecule has 1 aromatic carbocycles. The first-order valence-corrected chi connectivity index (χ1v) is 5.94. The zero-order valence-corrected chi connectivity index (χ0v) is 10.6. The van der Waals surface area contributed by atoms with Gasteiger partial charge in [-0.15, -0.1) is 5.10 Å². The molecule has 0 saturated heterocycles. The van der Waals surface area contributed by atoms with Gasteiger partial charge in [0.05, 0.1) is 19.0 Å². The molecular weight excluding hydrogens is 230 g/mol. The second-order valence-electron chi connectivity index (χ2n) is 4.04. The smallest absolute Gasteiger partial charge is 0.118 e. The number of aliphatic hydroxyl groups is 1. The van der Waals surface area contributed by atoms with Gasteiger partial charge >= 0.3 is 0 Å². The third-order valence-electron chi connectivity index (χ3n) is 2.88. The first-order chi connectivity index (χ1) is 8.74. The van der Waals surface area contributed by atoms with Crippen molar-refractivity contribution in [2.24, 2.45) is 0 Å². The highest BCUT2D eigenvalue weighted by atomic mass is 16.5. The van der Waals surface area contributed by atoms with E-state index in [1.165, 1.54) is 0 Å². The van der Waals surface area contributed by atoms with E-state index in [2.05, 4.69) is 10.3 Å². The molecule has 0 bridgehead atoms. The van der Waals surface area contributed by atoms with E-state index in [0.29, 0.717) is 13.0 Å². The highest BCUT2D eigenvalue weighted by Gasteiger charge is 2.14. The first kappa shape index (κ1) is 12.6. The lowest BCUT2D eigenvalue weighted by Gasteiger charge is -2.11. The van der Waals surface area contributed by atoms with Gasteiger partial charge in [0.15, 0.2) is 0 Å². The molecule has 96 valence electrons. The Morgan fingerprint density at radius 3 is 2.67 bits per heavy atom. The van der Waals surface area contributed by atoms with Crippen LogP contribution in [-0.4, -0.2) is 27.2 Å². The molecular formula is C13H17N3O2. The van der Waals surface area contributed by atoms with Gasteiger partial charge < -0.3 is 9.84 Å². The Morgan fingerprint density at radius 2 is 2.06 bits per heavy atom. The number of methoxy groups -OCH3 is 1. The molecule has 0 amide bonds. The quantitative estimate of drug-likeness (QED) is 0.871. The second-order valence-corrected chi connectivity index (χ2v) is 4.04. The van der Waals surface area contributed by atoms with Crippen LogP contribution in [0.1, 0.15) is 24.3 Å². The highest BCUT2D eigenvalue weighted by Crippen LogP contribution is 2.19. The molecule has 2 rings (SSSR count). The number of aromatic nitrogens is 3. The number of hydrogen-bond acceptors (Lipinski definition) is 4. The summed E-state index contributed by atoms with van der Waals surface area (Å²) in [6.45, 7) is 2.67. The van der Waals surface area contributed by atoms with Crippen LogP contribution in [0.4, 0.5) is 0 Å². The van der Waals surface area contributed by atoms with Crippen molar-refractivity contribution in [3.63, 3.8) is 0 Å². The molecule has 5 nitrogen and oxygen atoms in total. The molecule has 0 aliphatic rings. The average Bonchev–Trinajstić information content (AvgIpc) is 2.88. The maximum atomic E-state index is 10.2. The fraction of sp³-hybridized carbons (Fsp3) is 0.385. The lowest BCUT2D eigenvalue weighted by Crippen LogP contribution is -2.10. The summed E-state index contributed by atoms with van der Waals surface area (Å²) in [7, 11) is 1.63. The molecule has 1 N–H and O–H groups in total. The monoisotopic (exact) mass is 247 g/mol. The van der Waals surface area contributed by atoms with Crippen LogP contribution in [0.5, 0.6) is 5.75 Å². The number of aryl methyl sites for hydroxylation is 1. The molecule has 0 aliphatic carbocycles. The zero-order chi connectivity index (χ0) is 13.0. The summed E-state index contributed by atoms with van der Waals surface area (Å²) in [6.07, 6.45) is 1.56. The van der Waals surface area contributed by atoms with Crippen molar-refractivity contribution in [2.75, 3.05) is 7.11 Å². The molecule has 0 saturated carbocycles. The van der Waals surface area contributed by atoms with Gasteiger partial charge in [-0.2, -0.15) is 0 Å². The van der Waals surface area contributed by atoms with E-state index >= 15 is 0 Å². The maximum Gasteiger partial charge on any atom is 0.118 e. The lowest BCUT2D eigenvalue weighted by atomic mass is 10.1. The van der Waals surface area contributed by atoms with E-state index in [-0.39, 0.29) is 0 Å². The molecule has 0 radical (unpaired) electrons. The van der Waals surface area contributed by atoms with Crippen molar-refractivity contribution in [3.8, 4) is 5.75 Å². The Balaban J connectivity index is 2.08. The normalized spacial score (nSPS) is 12.4. The summed E-state index contributed by atoms with van der Waals surface area (Å²) in [5.74, 6) is 0.813. The van der Waals surface area contributed by atoms with E-state index in [1.807, 2.05) is 31.2 Å². The molecule has 1 atom stereocenters. The maximum absolute atomic E-state index is 10.2. The van der Waals surface area contributed by atoms with Gasteiger partial charge in [-0.3, -0.25) is 0 Å². The summed E-state index contributed by atoms with van der Waals surface area (Å²) in [5.41, 5.74) is 1.79. The minimum absolute atomic E-state index is 0.539. The molecule has 1 aromatic heterocycles. The summed E-state index contributed by atoms with van der Waals surface area (Å²) in [6, 6.07) is 7.67. The van der Waals surface area contributed by atoms with Crippen LogP contribution in [0.25, 0.3) is 0 Å². The van der Waals surface area contributed by atoms with E-state index in [1.54, 1.807) is 18.0 Å². The van der Waals surface area contributed by atoms with Crippen LogP contribution in [0.3, 0.4) is 0 Å². The second kappa shape index (κ2) is 5.64. The van der Waals surface area contributed by atoms with Crippen molar-refractivity contribution in [1.82, 2.24) is 15.0 Å². The van der Waals surface area contributed by atoms with E-state index in [0.717, 1.165) is 17.0 Å². The Labute approximate surface area is 106 Å². The Kier molecular flexibility index (Phi) is 3.94. The summed E-state index contributed by atoms with van der Waals surface area (Å²) < 4.78 is 6.80. The van der Waals surface area contributed by atoms with Crippen molar-refractivity contribution < 1.29 is 9.84 Å². The number of benzene rings is 1. The summed E-state index contributed by atoms with van der Waals surface area (Å²) in [4.78, 5) is 0. The van der Waals surface area contributed by atoms with E-state index < -0.39 is 6.10 Å². The molecule has 0 spiro atoms. The van der Waals surface area contributed by atoms with E-state index in [4.69, 9.17) is 4.74 Å². The molecule has 5 heteroatoms. The van der Waals surface area contributed by atoms with Gasteiger partial charge in [0, 0.05) is 13.0 Å². The standard InChI is InChI=1S/C13H17N3O2/c1-3-16-12(9-14-15-16)13(17)8-10-4-6-11(18-2)7-5-10/h4-7,9,13,17H,3,8H2,1-2H3. The number of nitrogens with zero attached hydrogens (tertiary/aromatic N) is 3. The number of ether oxygens (including phenoxy) is 1. The topological polar surface area (TPSA) is 60.2 Å². The molecule has 2 aromatic rings. The Hall–Kier alpha value is -1.88. The van der Waals surface area contributed by atoms with Crippen LogP contribution < -0.4 is 4.74 Å². The molecule has 1 unspecified atom stereocenters. The van der Waals surface area contributed by atoms with Crippen LogP contribution in [0.2, 0.25) is 0 Å². The fourth-order valence-corrected chi connectivity index (χ4v) is 1.86. The van der Waals surface area contributed by atoms with Crippen LogP contribution in [0.15, 0.2) is 30.5 Å². The highest BCUT2D eigenvalue weighted by molar-refractivity contribution is 5.28. The minimum Gasteiger partial charge on any atom is -0.497 e. The SMILES string of the molecule is CCn1nncc1C(O)Cc1ccc(OC)cc1. The molecule has 18 heavy (non-hydrogen) atoms. The van der Waals surface area contributed by atoms with Crippen LogP contribution >= 0.6 is 0 Å². The summed E-state index contributed by atoms with van der Waals surface area (Å²) >= 11 is 0. The van der Waals surface area contributed by atoms with E-state index in [9.17, 15) is 5.11 Å². The van der Waals surface area contributed by atoms with Gasteiger partial charge in [0.2, 0.25) is 0 Å². The Bertz CT molecular complexity index is 493. The van der Waals surface area contributed by atoms with Gasteiger partial charge in [-0.1, -0.05) is 17.3 Å². The van der Waals surface area contributed by atoms with Crippen LogP contribution in [-0.2, 0) is 13.0 Å². The molecule has 0 aliphatic heterocycles. The fourth-order valence-electron chi connectivity index (χ4n) is 1.86. The predicted octanol–water partition coefficient (Wildman–Crippen LogP) is 1.58. The van der Waals surface area contributed by atoms with Crippen molar-refractivity contribution in [3.05, 3.63) is 41.7 Å². The first-order valence-electron chi connectivity index (χ1n) is 5.94. The summed E-state index contributed by atoms with van der Waals surface area (Å²) in [5, 5.41) is 17.9. The van der Waals surface area contributed by atoms with Gasteiger partial charge in [0.25, 0.3) is 0 Å². The number of aliphatic hydroxyl groups excluding tert-OH is 1. The number of rotatable bonds is 5. The van der Waals surface area contributed by atoms with Gasteiger partial charge in [0.1, 0.15) is 11.9 Å². The minimum atomic E-state index is -0.589. The average molecular weight is 247 g/mol. The van der Waals surface area contributed by atoms with Crippen molar-refractivity contribution in [1.29, 1.82) is 0 Å². The lowest BCUT2D eigenvalue weighted by molar-refractivity contribution is 0.167. The van der Waals surface area contributed by atoms with Crippen molar-refractivity contribution in [2.45, 2.75) is 26.0 Å². The third kappa shape index (κ3) is 2.68.